The molecule has 1 aliphatic carbocycles. The standard InChI is InChI=1S/C26H35NO2/c1-3-5-6-7-8-9-14-20(4-2)27-26(28)29-19-25-23-17-12-10-15-21(23)22-16-11-13-18-24(22)25/h10-13,15-18,20,25H,3-9,14,19H2,1-2H3,(H,27,28). The van der Waals surface area contributed by atoms with E-state index in [-0.39, 0.29) is 18.1 Å². The Balaban J connectivity index is 1.49. The minimum atomic E-state index is -0.287. The van der Waals surface area contributed by atoms with Crippen LogP contribution in [-0.2, 0) is 4.74 Å². The van der Waals surface area contributed by atoms with Crippen molar-refractivity contribution in [2.24, 2.45) is 0 Å². The molecule has 156 valence electrons. The van der Waals surface area contributed by atoms with E-state index >= 15 is 0 Å². The highest BCUT2D eigenvalue weighted by molar-refractivity contribution is 5.79. The second-order valence-electron chi connectivity index (χ2n) is 8.13. The molecule has 1 aliphatic rings. The van der Waals surface area contributed by atoms with Crippen LogP contribution in [0.1, 0.15) is 82.3 Å². The second kappa shape index (κ2) is 11.0. The summed E-state index contributed by atoms with van der Waals surface area (Å²) in [6.45, 7) is 4.75. The van der Waals surface area contributed by atoms with Gasteiger partial charge in [0.05, 0.1) is 0 Å². The van der Waals surface area contributed by atoms with E-state index in [1.54, 1.807) is 0 Å². The van der Waals surface area contributed by atoms with Gasteiger partial charge in [-0.25, -0.2) is 4.79 Å². The summed E-state index contributed by atoms with van der Waals surface area (Å²) in [5, 5.41) is 3.08. The van der Waals surface area contributed by atoms with Crippen LogP contribution in [0, 0.1) is 0 Å². The van der Waals surface area contributed by atoms with Gasteiger partial charge in [-0.2, -0.15) is 0 Å². The van der Waals surface area contributed by atoms with Gasteiger partial charge in [-0.3, -0.25) is 0 Å². The van der Waals surface area contributed by atoms with Crippen molar-refractivity contribution in [1.82, 2.24) is 5.32 Å². The zero-order valence-corrected chi connectivity index (χ0v) is 18.0. The number of hydrogen-bond acceptors (Lipinski definition) is 2. The molecular weight excluding hydrogens is 358 g/mol. The Morgan fingerprint density at radius 2 is 1.48 bits per heavy atom. The van der Waals surface area contributed by atoms with Gasteiger partial charge in [0, 0.05) is 12.0 Å². The minimum Gasteiger partial charge on any atom is -0.449 e. The van der Waals surface area contributed by atoms with Crippen LogP contribution < -0.4 is 5.32 Å². The van der Waals surface area contributed by atoms with Crippen molar-refractivity contribution in [2.75, 3.05) is 6.61 Å². The molecule has 1 unspecified atom stereocenters. The van der Waals surface area contributed by atoms with Gasteiger partial charge in [0.15, 0.2) is 0 Å². The van der Waals surface area contributed by atoms with E-state index < -0.39 is 0 Å². The lowest BCUT2D eigenvalue weighted by Crippen LogP contribution is -2.35. The summed E-state index contributed by atoms with van der Waals surface area (Å²) in [6.07, 6.45) is 9.35. The molecule has 3 heteroatoms. The highest BCUT2D eigenvalue weighted by atomic mass is 16.5. The smallest absolute Gasteiger partial charge is 0.407 e. The quantitative estimate of drug-likeness (QED) is 0.415. The maximum atomic E-state index is 12.4. The average molecular weight is 394 g/mol. The number of unbranched alkanes of at least 4 members (excludes halogenated alkanes) is 5. The van der Waals surface area contributed by atoms with Crippen LogP contribution in [0.5, 0.6) is 0 Å². The minimum absolute atomic E-state index is 0.117. The van der Waals surface area contributed by atoms with E-state index in [4.69, 9.17) is 4.74 Å². The fourth-order valence-electron chi connectivity index (χ4n) is 4.36. The summed E-state index contributed by atoms with van der Waals surface area (Å²) < 4.78 is 5.68. The van der Waals surface area contributed by atoms with Crippen molar-refractivity contribution >= 4 is 6.09 Å². The number of alkyl carbamates (subject to hydrolysis) is 1. The zero-order valence-electron chi connectivity index (χ0n) is 18.0. The predicted octanol–water partition coefficient (Wildman–Crippen LogP) is 7.05. The molecule has 0 aromatic heterocycles. The summed E-state index contributed by atoms with van der Waals surface area (Å²) in [4.78, 5) is 12.4. The first-order valence-corrected chi connectivity index (χ1v) is 11.4. The summed E-state index contributed by atoms with van der Waals surface area (Å²) in [6, 6.07) is 17.1. The number of ether oxygens (including phenoxy) is 1. The molecular formula is C26H35NO2. The summed E-state index contributed by atoms with van der Waals surface area (Å²) in [5.41, 5.74) is 5.01. The van der Waals surface area contributed by atoms with Gasteiger partial charge >= 0.3 is 6.09 Å². The van der Waals surface area contributed by atoms with E-state index in [1.807, 2.05) is 0 Å². The number of carbonyl (C=O) groups is 1. The van der Waals surface area contributed by atoms with Crippen LogP contribution in [0.25, 0.3) is 11.1 Å². The Labute approximate surface area is 175 Å². The van der Waals surface area contributed by atoms with Crippen LogP contribution >= 0.6 is 0 Å². The van der Waals surface area contributed by atoms with Crippen molar-refractivity contribution in [1.29, 1.82) is 0 Å². The Hall–Kier alpha value is -2.29. The number of nitrogens with one attached hydrogen (secondary N) is 1. The molecule has 1 amide bonds. The summed E-state index contributed by atoms with van der Waals surface area (Å²) >= 11 is 0. The molecule has 1 N–H and O–H groups in total. The number of rotatable bonds is 11. The number of carbonyl (C=O) groups excluding carboxylic acids is 1. The van der Waals surface area contributed by atoms with Gasteiger partial charge in [-0.1, -0.05) is 101 Å². The normalized spacial score (nSPS) is 13.6. The lowest BCUT2D eigenvalue weighted by Gasteiger charge is -2.19. The van der Waals surface area contributed by atoms with Crippen LogP contribution in [-0.4, -0.2) is 18.7 Å². The fourth-order valence-corrected chi connectivity index (χ4v) is 4.36. The molecule has 2 aromatic rings. The summed E-state index contributed by atoms with van der Waals surface area (Å²) in [5.74, 6) is 0.117. The highest BCUT2D eigenvalue weighted by Gasteiger charge is 2.29. The summed E-state index contributed by atoms with van der Waals surface area (Å²) in [7, 11) is 0. The van der Waals surface area contributed by atoms with Crippen molar-refractivity contribution in [3.8, 4) is 11.1 Å². The second-order valence-corrected chi connectivity index (χ2v) is 8.13. The third-order valence-electron chi connectivity index (χ3n) is 6.06. The van der Waals surface area contributed by atoms with E-state index in [0.717, 1.165) is 12.8 Å². The van der Waals surface area contributed by atoms with Crippen molar-refractivity contribution in [3.05, 3.63) is 59.7 Å². The van der Waals surface area contributed by atoms with Crippen LogP contribution in [0.15, 0.2) is 48.5 Å². The fraction of sp³-hybridized carbons (Fsp3) is 0.500. The molecule has 1 atom stereocenters. The van der Waals surface area contributed by atoms with Crippen LogP contribution in [0.2, 0.25) is 0 Å². The molecule has 0 fully saturated rings. The van der Waals surface area contributed by atoms with E-state index in [2.05, 4.69) is 67.7 Å². The number of fused-ring (bicyclic) bond motifs is 3. The average Bonchev–Trinajstić information content (AvgIpc) is 3.07. The molecule has 0 heterocycles. The maximum absolute atomic E-state index is 12.4. The molecule has 29 heavy (non-hydrogen) atoms. The Kier molecular flexibility index (Phi) is 8.15. The largest absolute Gasteiger partial charge is 0.449 e. The third kappa shape index (κ3) is 5.62. The van der Waals surface area contributed by atoms with Crippen LogP contribution in [0.4, 0.5) is 4.79 Å². The molecule has 3 nitrogen and oxygen atoms in total. The Bertz CT molecular complexity index is 740. The first kappa shape index (κ1) is 21.4. The van der Waals surface area contributed by atoms with E-state index in [9.17, 15) is 4.79 Å². The maximum Gasteiger partial charge on any atom is 0.407 e. The topological polar surface area (TPSA) is 38.3 Å². The lowest BCUT2D eigenvalue weighted by molar-refractivity contribution is 0.138. The molecule has 3 rings (SSSR count). The number of amides is 1. The van der Waals surface area contributed by atoms with Crippen molar-refractivity contribution in [2.45, 2.75) is 77.2 Å². The lowest BCUT2D eigenvalue weighted by atomic mass is 9.98. The van der Waals surface area contributed by atoms with Gasteiger partial charge in [-0.05, 0) is 35.1 Å². The highest BCUT2D eigenvalue weighted by Crippen LogP contribution is 2.44. The molecule has 0 saturated heterocycles. The molecule has 0 bridgehead atoms. The first-order valence-electron chi connectivity index (χ1n) is 11.4. The third-order valence-corrected chi connectivity index (χ3v) is 6.06. The molecule has 2 aromatic carbocycles. The monoisotopic (exact) mass is 393 g/mol. The Morgan fingerprint density at radius 1 is 0.897 bits per heavy atom. The zero-order chi connectivity index (χ0) is 20.5. The first-order chi connectivity index (χ1) is 14.2. The Morgan fingerprint density at radius 3 is 2.10 bits per heavy atom. The SMILES string of the molecule is CCCCCCCCC(CC)NC(=O)OCC1c2ccccc2-c2ccccc21. The van der Waals surface area contributed by atoms with Gasteiger partial charge < -0.3 is 10.1 Å². The van der Waals surface area contributed by atoms with Gasteiger partial charge in [0.25, 0.3) is 0 Å². The van der Waals surface area contributed by atoms with Gasteiger partial charge in [0.1, 0.15) is 6.61 Å². The van der Waals surface area contributed by atoms with Crippen molar-refractivity contribution in [3.63, 3.8) is 0 Å². The molecule has 0 radical (unpaired) electrons. The molecule has 0 aliphatic heterocycles. The predicted molar refractivity (Wildman–Crippen MR) is 120 cm³/mol. The number of benzene rings is 2. The molecule has 0 spiro atoms. The van der Waals surface area contributed by atoms with Crippen LogP contribution in [0.3, 0.4) is 0 Å². The van der Waals surface area contributed by atoms with Gasteiger partial charge in [-0.15, -0.1) is 0 Å². The van der Waals surface area contributed by atoms with Crippen molar-refractivity contribution < 1.29 is 9.53 Å². The van der Waals surface area contributed by atoms with E-state index in [1.165, 1.54) is 60.8 Å². The van der Waals surface area contributed by atoms with E-state index in [0.29, 0.717) is 6.61 Å². The van der Waals surface area contributed by atoms with Gasteiger partial charge in [0.2, 0.25) is 0 Å². The number of hydrogen-bond donors (Lipinski definition) is 1. The molecule has 0 saturated carbocycles.